The van der Waals surface area contributed by atoms with E-state index in [1.807, 2.05) is 6.92 Å². The largest absolute Gasteiger partial charge is 0.478 e. The molecule has 2 fully saturated rings. The van der Waals surface area contributed by atoms with Gasteiger partial charge in [0.15, 0.2) is 5.82 Å². The quantitative estimate of drug-likeness (QED) is 0.503. The number of rotatable bonds is 6. The van der Waals surface area contributed by atoms with E-state index in [2.05, 4.69) is 4.90 Å². The van der Waals surface area contributed by atoms with Crippen LogP contribution in [0.15, 0.2) is 46.2 Å². The van der Waals surface area contributed by atoms with Crippen molar-refractivity contribution in [3.05, 3.63) is 58.5 Å². The Bertz CT molecular complexity index is 1380. The molecule has 5 rings (SSSR count). The van der Waals surface area contributed by atoms with E-state index in [4.69, 9.17) is 11.6 Å². The second-order valence-corrected chi connectivity index (χ2v) is 12.2. The minimum atomic E-state index is -1.02. The van der Waals surface area contributed by atoms with Gasteiger partial charge in [0.05, 0.1) is 16.1 Å². The molecule has 0 unspecified atom stereocenters. The molecule has 0 saturated carbocycles. The Kier molecular flexibility index (Phi) is 7.13. The van der Waals surface area contributed by atoms with Crippen LogP contribution in [0.4, 0.5) is 4.39 Å². The zero-order chi connectivity index (χ0) is 25.6. The van der Waals surface area contributed by atoms with Gasteiger partial charge in [0.25, 0.3) is 0 Å². The summed E-state index contributed by atoms with van der Waals surface area (Å²) in [6.07, 6.45) is 0. The van der Waals surface area contributed by atoms with Gasteiger partial charge < -0.3 is 14.6 Å². The molecule has 1 aromatic heterocycles. The zero-order valence-corrected chi connectivity index (χ0v) is 22.0. The molecule has 0 atom stereocenters. The Morgan fingerprint density at radius 2 is 1.92 bits per heavy atom. The highest BCUT2D eigenvalue weighted by atomic mass is 35.5. The monoisotopic (exact) mass is 549 g/mol. The number of carbonyl (C=O) groups excluding carboxylic acids is 1. The number of aromatic carboxylic acids is 1. The summed E-state index contributed by atoms with van der Waals surface area (Å²) in [6, 6.07) is 10.1. The number of aromatic nitrogens is 1. The van der Waals surface area contributed by atoms with Crippen LogP contribution in [-0.2, 0) is 22.1 Å². The van der Waals surface area contributed by atoms with Gasteiger partial charge in [0.1, 0.15) is 6.54 Å². The number of fused-ring (bicyclic) bond motifs is 1. The molecular formula is C25H25ClFN3O4S2. The fourth-order valence-corrected chi connectivity index (χ4v) is 7.09. The van der Waals surface area contributed by atoms with Crippen LogP contribution in [0.2, 0.25) is 5.02 Å². The maximum absolute atomic E-state index is 15.2. The van der Waals surface area contributed by atoms with E-state index < -0.39 is 22.6 Å². The average Bonchev–Trinajstić information content (AvgIpc) is 3.08. The lowest BCUT2D eigenvalue weighted by atomic mass is 10.1. The van der Waals surface area contributed by atoms with Gasteiger partial charge in [-0.1, -0.05) is 29.4 Å². The summed E-state index contributed by atoms with van der Waals surface area (Å²) in [5, 5.41) is 9.93. The number of carboxylic acid groups (broad SMARTS) is 1. The van der Waals surface area contributed by atoms with Crippen molar-refractivity contribution < 1.29 is 23.3 Å². The molecule has 1 amide bonds. The molecule has 3 heterocycles. The predicted octanol–water partition coefficient (Wildman–Crippen LogP) is 3.87. The average molecular weight is 550 g/mol. The molecule has 190 valence electrons. The highest BCUT2D eigenvalue weighted by Crippen LogP contribution is 2.40. The standard InChI is InChI=1S/C25H25ClFN3O4S2/c1-15-24(35-18-4-2-3-16(11-18)25(32)33)19-5-6-20(26)22(27)23(19)30(15)14-21(31)29-12-17(13-29)28-7-9-36(34)10-8-28/h2-6,11,17H,7-10,12-14H2,1H3,(H,32,33). The van der Waals surface area contributed by atoms with Crippen LogP contribution >= 0.6 is 23.4 Å². The van der Waals surface area contributed by atoms with Crippen molar-refractivity contribution in [2.24, 2.45) is 0 Å². The maximum Gasteiger partial charge on any atom is 0.335 e. The SMILES string of the molecule is Cc1c(Sc2cccc(C(=O)O)c2)c2ccc(Cl)c(F)c2n1CC(=O)N1CC(N2CCS(=O)CC2)C1. The smallest absolute Gasteiger partial charge is 0.335 e. The highest BCUT2D eigenvalue weighted by Gasteiger charge is 2.36. The lowest BCUT2D eigenvalue weighted by Gasteiger charge is -2.46. The molecular weight excluding hydrogens is 525 g/mol. The molecule has 11 heteroatoms. The topological polar surface area (TPSA) is 82.8 Å². The first-order valence-electron chi connectivity index (χ1n) is 11.6. The van der Waals surface area contributed by atoms with E-state index in [1.54, 1.807) is 33.7 Å². The maximum atomic E-state index is 15.2. The first kappa shape index (κ1) is 25.3. The number of nitrogens with zero attached hydrogens (tertiary/aromatic N) is 3. The van der Waals surface area contributed by atoms with E-state index in [0.29, 0.717) is 40.6 Å². The number of carboxylic acids is 1. The second-order valence-electron chi connectivity index (χ2n) is 9.03. The molecule has 0 bridgehead atoms. The molecule has 3 aromatic rings. The van der Waals surface area contributed by atoms with Crippen molar-refractivity contribution in [3.63, 3.8) is 0 Å². The normalized spacial score (nSPS) is 17.5. The van der Waals surface area contributed by atoms with E-state index >= 15 is 4.39 Å². The number of hydrogen-bond donors (Lipinski definition) is 1. The Morgan fingerprint density at radius 1 is 1.19 bits per heavy atom. The number of hydrogen-bond acceptors (Lipinski definition) is 5. The van der Waals surface area contributed by atoms with E-state index in [1.165, 1.54) is 23.9 Å². The minimum absolute atomic E-state index is 0.0218. The first-order valence-corrected chi connectivity index (χ1v) is 14.3. The van der Waals surface area contributed by atoms with E-state index in [0.717, 1.165) is 18.0 Å². The molecule has 0 aliphatic carbocycles. The predicted molar refractivity (Wildman–Crippen MR) is 139 cm³/mol. The molecule has 7 nitrogen and oxygen atoms in total. The molecule has 2 aromatic carbocycles. The van der Waals surface area contributed by atoms with Crippen molar-refractivity contribution in [1.29, 1.82) is 0 Å². The Hall–Kier alpha value is -2.40. The van der Waals surface area contributed by atoms with Gasteiger partial charge in [0, 0.05) is 75.4 Å². The van der Waals surface area contributed by atoms with Crippen LogP contribution in [0, 0.1) is 12.7 Å². The van der Waals surface area contributed by atoms with Gasteiger partial charge in [-0.3, -0.25) is 13.9 Å². The van der Waals surface area contributed by atoms with Crippen LogP contribution in [-0.4, -0.2) is 79.3 Å². The zero-order valence-electron chi connectivity index (χ0n) is 19.6. The van der Waals surface area contributed by atoms with Gasteiger partial charge in [0.2, 0.25) is 5.91 Å². The summed E-state index contributed by atoms with van der Waals surface area (Å²) >= 11 is 7.44. The van der Waals surface area contributed by atoms with Crippen LogP contribution in [0.5, 0.6) is 0 Å². The number of likely N-dealkylation sites (tertiary alicyclic amines) is 1. The van der Waals surface area contributed by atoms with Gasteiger partial charge >= 0.3 is 5.97 Å². The molecule has 2 aliphatic heterocycles. The molecule has 0 radical (unpaired) electrons. The van der Waals surface area contributed by atoms with Crippen LogP contribution in [0.3, 0.4) is 0 Å². The van der Waals surface area contributed by atoms with Crippen LogP contribution in [0.25, 0.3) is 10.9 Å². The van der Waals surface area contributed by atoms with Gasteiger partial charge in [-0.2, -0.15) is 0 Å². The lowest BCUT2D eigenvalue weighted by molar-refractivity contribution is -0.139. The molecule has 36 heavy (non-hydrogen) atoms. The van der Waals surface area contributed by atoms with Crippen molar-refractivity contribution in [1.82, 2.24) is 14.4 Å². The summed E-state index contributed by atoms with van der Waals surface area (Å²) < 4.78 is 28.5. The van der Waals surface area contributed by atoms with Crippen LogP contribution < -0.4 is 0 Å². The van der Waals surface area contributed by atoms with Crippen molar-refractivity contribution in [2.45, 2.75) is 29.3 Å². The van der Waals surface area contributed by atoms with E-state index in [-0.39, 0.29) is 34.6 Å². The molecule has 1 N–H and O–H groups in total. The summed E-state index contributed by atoms with van der Waals surface area (Å²) in [5.74, 6) is -0.357. The van der Waals surface area contributed by atoms with Crippen molar-refractivity contribution in [3.8, 4) is 0 Å². The van der Waals surface area contributed by atoms with Gasteiger partial charge in [-0.25, -0.2) is 9.18 Å². The number of halogens is 2. The summed E-state index contributed by atoms with van der Waals surface area (Å²) in [7, 11) is -0.739. The molecule has 2 aliphatic rings. The lowest BCUT2D eigenvalue weighted by Crippen LogP contribution is -2.63. The summed E-state index contributed by atoms with van der Waals surface area (Å²) in [6.45, 7) is 4.60. The van der Waals surface area contributed by atoms with Crippen molar-refractivity contribution >= 4 is 56.9 Å². The van der Waals surface area contributed by atoms with Gasteiger partial charge in [-0.15, -0.1) is 0 Å². The minimum Gasteiger partial charge on any atom is -0.478 e. The first-order chi connectivity index (χ1) is 17.2. The molecule has 2 saturated heterocycles. The highest BCUT2D eigenvalue weighted by molar-refractivity contribution is 7.99. The second kappa shape index (κ2) is 10.2. The fraction of sp³-hybridized carbons (Fsp3) is 0.360. The number of amides is 1. The Morgan fingerprint density at radius 3 is 2.61 bits per heavy atom. The number of carbonyl (C=O) groups is 2. The Balaban J connectivity index is 1.39. The summed E-state index contributed by atoms with van der Waals surface area (Å²) in [5.41, 5.74) is 1.14. The fourth-order valence-electron chi connectivity index (χ4n) is 4.75. The summed E-state index contributed by atoms with van der Waals surface area (Å²) in [4.78, 5) is 30.1. The third-order valence-corrected chi connectivity index (χ3v) is 9.63. The van der Waals surface area contributed by atoms with Crippen molar-refractivity contribution in [2.75, 3.05) is 37.7 Å². The van der Waals surface area contributed by atoms with E-state index in [9.17, 15) is 18.9 Å². The van der Waals surface area contributed by atoms with Crippen LogP contribution in [0.1, 0.15) is 16.1 Å². The molecule has 0 spiro atoms. The Labute approximate surface area is 219 Å². The number of benzene rings is 2. The third-order valence-electron chi connectivity index (χ3n) is 6.86. The third kappa shape index (κ3) is 4.79. The van der Waals surface area contributed by atoms with Gasteiger partial charge in [-0.05, 0) is 37.3 Å².